The Labute approximate surface area is 93.7 Å². The third kappa shape index (κ3) is 4.14. The number of nitrogens with one attached hydrogen (secondary N) is 1. The monoisotopic (exact) mass is 250 g/mol. The molecular formula is C8H14N2O5S. The first-order valence-corrected chi connectivity index (χ1v) is 6.18. The van der Waals surface area contributed by atoms with Crippen LogP contribution in [-0.2, 0) is 14.8 Å². The summed E-state index contributed by atoms with van der Waals surface area (Å²) in [5, 5.41) is 24.5. The second-order valence-corrected chi connectivity index (χ2v) is 4.99. The average Bonchev–Trinajstić information content (AvgIpc) is 2.18. The lowest BCUT2D eigenvalue weighted by Gasteiger charge is -2.15. The number of sulfonamides is 1. The largest absolute Gasteiger partial charge is 0.480 e. The molecule has 0 aromatic carbocycles. The number of aliphatic carboxylic acids is 1. The van der Waals surface area contributed by atoms with E-state index in [1.165, 1.54) is 6.92 Å². The van der Waals surface area contributed by atoms with Crippen LogP contribution in [0.1, 0.15) is 19.8 Å². The van der Waals surface area contributed by atoms with Gasteiger partial charge in [-0.15, -0.1) is 0 Å². The van der Waals surface area contributed by atoms with Crippen molar-refractivity contribution in [1.82, 2.24) is 4.72 Å². The Morgan fingerprint density at radius 1 is 1.56 bits per heavy atom. The molecule has 0 fully saturated rings. The highest BCUT2D eigenvalue weighted by molar-refractivity contribution is 7.90. The van der Waals surface area contributed by atoms with Gasteiger partial charge < -0.3 is 10.2 Å². The van der Waals surface area contributed by atoms with E-state index in [9.17, 15) is 13.2 Å². The first-order valence-electron chi connectivity index (χ1n) is 4.63. The van der Waals surface area contributed by atoms with Crippen LogP contribution < -0.4 is 4.72 Å². The van der Waals surface area contributed by atoms with E-state index in [1.54, 1.807) is 6.07 Å². The van der Waals surface area contributed by atoms with E-state index in [0.29, 0.717) is 0 Å². The van der Waals surface area contributed by atoms with Crippen molar-refractivity contribution >= 4 is 16.0 Å². The number of nitrogens with zero attached hydrogens (tertiary/aromatic N) is 1. The summed E-state index contributed by atoms with van der Waals surface area (Å²) < 4.78 is 24.9. The summed E-state index contributed by atoms with van der Waals surface area (Å²) in [5.41, 5.74) is 0. The quantitative estimate of drug-likeness (QED) is 0.534. The van der Waals surface area contributed by atoms with Gasteiger partial charge in [-0.3, -0.25) is 4.79 Å². The van der Waals surface area contributed by atoms with Gasteiger partial charge in [0.25, 0.3) is 0 Å². The zero-order chi connectivity index (χ0) is 12.8. The lowest BCUT2D eigenvalue weighted by Crippen LogP contribution is -2.45. The molecule has 0 spiro atoms. The second-order valence-electron chi connectivity index (χ2n) is 3.09. The molecule has 0 saturated heterocycles. The van der Waals surface area contributed by atoms with Crippen molar-refractivity contribution in [2.75, 3.05) is 6.61 Å². The number of hydrogen-bond acceptors (Lipinski definition) is 5. The predicted molar refractivity (Wildman–Crippen MR) is 54.9 cm³/mol. The van der Waals surface area contributed by atoms with Crippen molar-refractivity contribution in [3.8, 4) is 6.07 Å². The lowest BCUT2D eigenvalue weighted by atomic mass is 10.2. The number of carboxylic acids is 1. The van der Waals surface area contributed by atoms with E-state index >= 15 is 0 Å². The fourth-order valence-corrected chi connectivity index (χ4v) is 2.38. The van der Waals surface area contributed by atoms with Crippen molar-refractivity contribution in [2.24, 2.45) is 0 Å². The fourth-order valence-electron chi connectivity index (χ4n) is 1.02. The molecule has 0 rings (SSSR count). The standard InChI is InChI=1S/C8H14N2O5S/c1-2-6(5-9)16(14,15)10-7(3-4-11)8(12)13/h6-7,10-11H,2-4H2,1H3,(H,12,13)/t6?,7-/m0/s1. The van der Waals surface area contributed by atoms with E-state index < -0.39 is 33.9 Å². The average molecular weight is 250 g/mol. The highest BCUT2D eigenvalue weighted by Gasteiger charge is 2.29. The molecule has 0 aromatic rings. The Morgan fingerprint density at radius 3 is 2.44 bits per heavy atom. The topological polar surface area (TPSA) is 127 Å². The molecule has 0 aliphatic heterocycles. The van der Waals surface area contributed by atoms with Crippen LogP contribution in [0.5, 0.6) is 0 Å². The molecule has 1 unspecified atom stereocenters. The molecule has 0 amide bonds. The number of carboxylic acid groups (broad SMARTS) is 1. The number of nitriles is 1. The Hall–Kier alpha value is -1.17. The first-order chi connectivity index (χ1) is 7.38. The Kier molecular flexibility index (Phi) is 5.95. The van der Waals surface area contributed by atoms with Gasteiger partial charge in [-0.2, -0.15) is 9.98 Å². The molecule has 3 N–H and O–H groups in total. The molecule has 0 aromatic heterocycles. The van der Waals surface area contributed by atoms with Gasteiger partial charge in [0.2, 0.25) is 10.0 Å². The molecule has 16 heavy (non-hydrogen) atoms. The van der Waals surface area contributed by atoms with E-state index in [-0.39, 0.29) is 12.8 Å². The summed E-state index contributed by atoms with van der Waals surface area (Å²) >= 11 is 0. The normalized spacial score (nSPS) is 15.1. The smallest absolute Gasteiger partial charge is 0.321 e. The van der Waals surface area contributed by atoms with Crippen molar-refractivity contribution < 1.29 is 23.4 Å². The number of aliphatic hydroxyl groups is 1. The van der Waals surface area contributed by atoms with Gasteiger partial charge in [0, 0.05) is 6.61 Å². The first kappa shape index (κ1) is 14.8. The molecule has 2 atom stereocenters. The summed E-state index contributed by atoms with van der Waals surface area (Å²) in [6.07, 6.45) is -0.173. The van der Waals surface area contributed by atoms with Gasteiger partial charge in [0.05, 0.1) is 6.07 Å². The van der Waals surface area contributed by atoms with Crippen molar-refractivity contribution in [1.29, 1.82) is 5.26 Å². The zero-order valence-electron chi connectivity index (χ0n) is 8.75. The lowest BCUT2D eigenvalue weighted by molar-refractivity contribution is -0.139. The SMILES string of the molecule is CCC(C#N)S(=O)(=O)N[C@@H](CCO)C(=O)O. The summed E-state index contributed by atoms with van der Waals surface area (Å²) in [4.78, 5) is 10.6. The van der Waals surface area contributed by atoms with Gasteiger partial charge >= 0.3 is 5.97 Å². The Balaban J connectivity index is 4.80. The summed E-state index contributed by atoms with van der Waals surface area (Å²) in [6, 6.07) is 0.167. The minimum absolute atomic E-state index is 0.0668. The molecule has 0 heterocycles. The van der Waals surface area contributed by atoms with Crippen LogP contribution in [0.2, 0.25) is 0 Å². The maximum absolute atomic E-state index is 11.5. The molecule has 0 aliphatic carbocycles. The van der Waals surface area contributed by atoms with Crippen LogP contribution in [-0.4, -0.2) is 42.5 Å². The maximum Gasteiger partial charge on any atom is 0.321 e. The van der Waals surface area contributed by atoms with E-state index in [2.05, 4.69) is 0 Å². The maximum atomic E-state index is 11.5. The van der Waals surface area contributed by atoms with Crippen molar-refractivity contribution in [2.45, 2.75) is 31.1 Å². The number of rotatable bonds is 7. The minimum atomic E-state index is -3.99. The highest BCUT2D eigenvalue weighted by atomic mass is 32.2. The van der Waals surface area contributed by atoms with Gasteiger partial charge in [0.15, 0.2) is 5.25 Å². The van der Waals surface area contributed by atoms with E-state index in [4.69, 9.17) is 15.5 Å². The molecular weight excluding hydrogens is 236 g/mol. The molecule has 7 nitrogen and oxygen atoms in total. The summed E-state index contributed by atoms with van der Waals surface area (Å²) in [6.45, 7) is 1.05. The Morgan fingerprint density at radius 2 is 2.12 bits per heavy atom. The highest BCUT2D eigenvalue weighted by Crippen LogP contribution is 2.05. The van der Waals surface area contributed by atoms with Crippen molar-refractivity contribution in [3.05, 3.63) is 0 Å². The second kappa shape index (κ2) is 6.42. The molecule has 0 radical (unpaired) electrons. The van der Waals surface area contributed by atoms with Crippen LogP contribution in [0.4, 0.5) is 0 Å². The Bertz CT molecular complexity index is 372. The summed E-state index contributed by atoms with van der Waals surface area (Å²) in [7, 11) is -3.99. The fraction of sp³-hybridized carbons (Fsp3) is 0.750. The van der Waals surface area contributed by atoms with Gasteiger partial charge in [0.1, 0.15) is 6.04 Å². The summed E-state index contributed by atoms with van der Waals surface area (Å²) in [5.74, 6) is -1.38. The van der Waals surface area contributed by atoms with E-state index in [1.807, 2.05) is 4.72 Å². The molecule has 0 bridgehead atoms. The molecule has 92 valence electrons. The number of aliphatic hydroxyl groups excluding tert-OH is 1. The van der Waals surface area contributed by atoms with E-state index in [0.717, 1.165) is 0 Å². The zero-order valence-corrected chi connectivity index (χ0v) is 9.57. The third-order valence-electron chi connectivity index (χ3n) is 1.91. The predicted octanol–water partition coefficient (Wildman–Crippen LogP) is -0.956. The van der Waals surface area contributed by atoms with Gasteiger partial charge in [-0.25, -0.2) is 8.42 Å². The van der Waals surface area contributed by atoms with Crippen LogP contribution in [0.25, 0.3) is 0 Å². The molecule has 0 aliphatic rings. The number of hydrogen-bond donors (Lipinski definition) is 3. The third-order valence-corrected chi connectivity index (χ3v) is 3.71. The van der Waals surface area contributed by atoms with Crippen LogP contribution in [0.15, 0.2) is 0 Å². The van der Waals surface area contributed by atoms with Gasteiger partial charge in [-0.1, -0.05) is 6.92 Å². The van der Waals surface area contributed by atoms with Gasteiger partial charge in [-0.05, 0) is 12.8 Å². The van der Waals surface area contributed by atoms with Crippen molar-refractivity contribution in [3.63, 3.8) is 0 Å². The van der Waals surface area contributed by atoms with Crippen LogP contribution in [0, 0.1) is 11.3 Å². The molecule has 8 heteroatoms. The van der Waals surface area contributed by atoms with Crippen LogP contribution >= 0.6 is 0 Å². The minimum Gasteiger partial charge on any atom is -0.480 e. The number of carbonyl (C=O) groups is 1. The molecule has 0 saturated carbocycles. The van der Waals surface area contributed by atoms with Crippen LogP contribution in [0.3, 0.4) is 0 Å².